The molecule has 1 saturated heterocycles. The molecule has 33 heavy (non-hydrogen) atoms. The van der Waals surface area contributed by atoms with Gasteiger partial charge in [0.15, 0.2) is 0 Å². The number of benzene rings is 1. The van der Waals surface area contributed by atoms with E-state index in [9.17, 15) is 14.4 Å². The van der Waals surface area contributed by atoms with Gasteiger partial charge in [0.2, 0.25) is 17.4 Å². The molecule has 1 unspecified atom stereocenters. The van der Waals surface area contributed by atoms with Crippen molar-refractivity contribution in [3.63, 3.8) is 0 Å². The number of amides is 2. The number of hydrogen-bond donors (Lipinski definition) is 2. The fraction of sp³-hybridized carbons (Fsp3) is 0.261. The smallest absolute Gasteiger partial charge is 0.297 e. The molecule has 0 radical (unpaired) electrons. The summed E-state index contributed by atoms with van der Waals surface area (Å²) < 4.78 is 6.85. The van der Waals surface area contributed by atoms with Gasteiger partial charge < -0.3 is 20.4 Å². The van der Waals surface area contributed by atoms with Crippen LogP contribution in [0.4, 0.5) is 11.5 Å². The molecular formula is C23H22N6O4. The lowest BCUT2D eigenvalue weighted by atomic mass is 9.97. The van der Waals surface area contributed by atoms with Crippen molar-refractivity contribution < 1.29 is 14.0 Å². The molecule has 3 aromatic heterocycles. The molecule has 0 saturated carbocycles. The number of piperidine rings is 1. The minimum Gasteiger partial charge on any atom is -0.448 e. The molecule has 5 rings (SSSR count). The minimum absolute atomic E-state index is 0.119. The second-order valence-electron chi connectivity index (χ2n) is 8.09. The number of pyridine rings is 1. The maximum atomic E-state index is 12.8. The second-order valence-corrected chi connectivity index (χ2v) is 8.09. The highest BCUT2D eigenvalue weighted by Gasteiger charge is 2.24. The van der Waals surface area contributed by atoms with Gasteiger partial charge in [-0.3, -0.25) is 19.0 Å². The highest BCUT2D eigenvalue weighted by Crippen LogP contribution is 2.24. The molecule has 1 fully saturated rings. The van der Waals surface area contributed by atoms with E-state index >= 15 is 0 Å². The molecule has 0 bridgehead atoms. The van der Waals surface area contributed by atoms with Crippen molar-refractivity contribution >= 4 is 45.4 Å². The first kappa shape index (κ1) is 20.7. The largest absolute Gasteiger partial charge is 0.448 e. The molecule has 1 atom stereocenters. The zero-order valence-electron chi connectivity index (χ0n) is 17.7. The minimum atomic E-state index is -0.422. The Morgan fingerprint density at radius 3 is 2.82 bits per heavy atom. The summed E-state index contributed by atoms with van der Waals surface area (Å²) in [6.45, 7) is 1.11. The average molecular weight is 446 g/mol. The van der Waals surface area contributed by atoms with Crippen molar-refractivity contribution in [3.8, 4) is 0 Å². The molecule has 10 heteroatoms. The van der Waals surface area contributed by atoms with E-state index in [1.165, 1.54) is 10.9 Å². The number of fused-ring (bicyclic) bond motifs is 3. The number of furan rings is 1. The van der Waals surface area contributed by atoms with E-state index in [0.29, 0.717) is 23.3 Å². The number of primary amides is 1. The van der Waals surface area contributed by atoms with Gasteiger partial charge in [-0.2, -0.15) is 0 Å². The Bertz CT molecular complexity index is 1410. The van der Waals surface area contributed by atoms with Gasteiger partial charge in [-0.15, -0.1) is 0 Å². The fourth-order valence-electron chi connectivity index (χ4n) is 4.15. The summed E-state index contributed by atoms with van der Waals surface area (Å²) in [7, 11) is 0. The number of nitrogens with one attached hydrogen (secondary N) is 1. The third-order valence-electron chi connectivity index (χ3n) is 5.84. The number of rotatable bonds is 5. The molecule has 0 aliphatic carbocycles. The fourth-order valence-corrected chi connectivity index (χ4v) is 4.15. The maximum Gasteiger partial charge on any atom is 0.297 e. The summed E-state index contributed by atoms with van der Waals surface area (Å²) in [6, 6.07) is 10.8. The van der Waals surface area contributed by atoms with Crippen molar-refractivity contribution in [1.29, 1.82) is 0 Å². The Kier molecular flexibility index (Phi) is 5.25. The average Bonchev–Trinajstić information content (AvgIpc) is 3.21. The van der Waals surface area contributed by atoms with E-state index in [2.05, 4.69) is 15.3 Å². The van der Waals surface area contributed by atoms with Crippen LogP contribution in [0.25, 0.3) is 22.1 Å². The summed E-state index contributed by atoms with van der Waals surface area (Å²) in [5.74, 6) is -0.157. The number of nitrogens with two attached hydrogens (primary N) is 1. The van der Waals surface area contributed by atoms with Gasteiger partial charge >= 0.3 is 0 Å². The first-order chi connectivity index (χ1) is 16.0. The van der Waals surface area contributed by atoms with Crippen molar-refractivity contribution in [2.75, 3.05) is 23.3 Å². The Hall–Kier alpha value is -4.21. The van der Waals surface area contributed by atoms with Crippen LogP contribution in [-0.2, 0) is 16.1 Å². The Labute approximate surface area is 188 Å². The van der Waals surface area contributed by atoms with Gasteiger partial charge in [0.25, 0.3) is 5.56 Å². The molecule has 10 nitrogen and oxygen atoms in total. The third kappa shape index (κ3) is 4.02. The predicted molar refractivity (Wildman–Crippen MR) is 123 cm³/mol. The van der Waals surface area contributed by atoms with Crippen molar-refractivity contribution in [1.82, 2.24) is 14.5 Å². The number of hydrogen-bond acceptors (Lipinski definition) is 7. The van der Waals surface area contributed by atoms with Gasteiger partial charge in [-0.05, 0) is 37.1 Å². The second kappa shape index (κ2) is 8.38. The number of nitrogens with zero attached hydrogens (tertiary/aromatic N) is 4. The number of anilines is 2. The normalized spacial score (nSPS) is 16.2. The first-order valence-corrected chi connectivity index (χ1v) is 10.7. The quantitative estimate of drug-likeness (QED) is 0.478. The van der Waals surface area contributed by atoms with Crippen molar-refractivity contribution in [3.05, 3.63) is 59.3 Å². The van der Waals surface area contributed by atoms with Gasteiger partial charge in [-0.1, -0.05) is 12.1 Å². The molecule has 168 valence electrons. The van der Waals surface area contributed by atoms with E-state index in [0.717, 1.165) is 30.6 Å². The summed E-state index contributed by atoms with van der Waals surface area (Å²) in [6.07, 6.45) is 4.55. The molecule has 1 aliphatic rings. The molecule has 4 aromatic rings. The van der Waals surface area contributed by atoms with Crippen LogP contribution in [0.2, 0.25) is 0 Å². The number of para-hydroxylation sites is 1. The van der Waals surface area contributed by atoms with Crippen molar-refractivity contribution in [2.24, 2.45) is 11.7 Å². The van der Waals surface area contributed by atoms with Crippen LogP contribution in [0.5, 0.6) is 0 Å². The summed E-state index contributed by atoms with van der Waals surface area (Å²) in [5.41, 5.74) is 6.68. The molecule has 2 amide bonds. The van der Waals surface area contributed by atoms with E-state index in [4.69, 9.17) is 10.2 Å². The van der Waals surface area contributed by atoms with Crippen LogP contribution in [0, 0.1) is 5.92 Å². The number of aromatic nitrogens is 3. The SMILES string of the molecule is NC(=O)C1CCCN(c2ccc(NC(=O)Cn3cnc4c(oc5ccccc54)c3=O)cn2)C1. The molecule has 3 N–H and O–H groups in total. The number of carbonyl (C=O) groups is 2. The first-order valence-electron chi connectivity index (χ1n) is 10.7. The van der Waals surface area contributed by atoms with Crippen LogP contribution in [0.3, 0.4) is 0 Å². The lowest BCUT2D eigenvalue weighted by Crippen LogP contribution is -2.41. The zero-order chi connectivity index (χ0) is 22.9. The lowest BCUT2D eigenvalue weighted by Gasteiger charge is -2.32. The van der Waals surface area contributed by atoms with Gasteiger partial charge in [0.1, 0.15) is 23.5 Å². The predicted octanol–water partition coefficient (Wildman–Crippen LogP) is 1.88. The maximum absolute atomic E-state index is 12.8. The van der Waals surface area contributed by atoms with Crippen molar-refractivity contribution in [2.45, 2.75) is 19.4 Å². The Morgan fingerprint density at radius 2 is 2.03 bits per heavy atom. The Balaban J connectivity index is 1.28. The van der Waals surface area contributed by atoms with E-state index < -0.39 is 11.5 Å². The topological polar surface area (TPSA) is 136 Å². The monoisotopic (exact) mass is 446 g/mol. The van der Waals surface area contributed by atoms with E-state index in [1.807, 2.05) is 23.1 Å². The highest BCUT2D eigenvalue weighted by molar-refractivity contribution is 6.01. The third-order valence-corrected chi connectivity index (χ3v) is 5.84. The molecule has 1 aromatic carbocycles. The Morgan fingerprint density at radius 1 is 1.18 bits per heavy atom. The van der Waals surface area contributed by atoms with Gasteiger partial charge in [0, 0.05) is 18.5 Å². The van der Waals surface area contributed by atoms with Gasteiger partial charge in [0.05, 0.1) is 24.1 Å². The van der Waals surface area contributed by atoms with Gasteiger partial charge in [-0.25, -0.2) is 9.97 Å². The summed E-state index contributed by atoms with van der Waals surface area (Å²) in [4.78, 5) is 47.5. The van der Waals surface area contributed by atoms with Crippen LogP contribution in [-0.4, -0.2) is 39.4 Å². The zero-order valence-corrected chi connectivity index (χ0v) is 17.7. The van der Waals surface area contributed by atoms with Crippen LogP contribution in [0.1, 0.15) is 12.8 Å². The molecular weight excluding hydrogens is 424 g/mol. The van der Waals surface area contributed by atoms with Crippen LogP contribution in [0.15, 0.2) is 58.1 Å². The summed E-state index contributed by atoms with van der Waals surface area (Å²) >= 11 is 0. The highest BCUT2D eigenvalue weighted by atomic mass is 16.3. The molecule has 1 aliphatic heterocycles. The molecule has 4 heterocycles. The van der Waals surface area contributed by atoms with E-state index in [-0.39, 0.29) is 24.0 Å². The summed E-state index contributed by atoms with van der Waals surface area (Å²) in [5, 5.41) is 3.49. The molecule has 0 spiro atoms. The van der Waals surface area contributed by atoms with Crippen LogP contribution < -0.4 is 21.5 Å². The van der Waals surface area contributed by atoms with Crippen LogP contribution >= 0.6 is 0 Å². The lowest BCUT2D eigenvalue weighted by molar-refractivity contribution is -0.122. The standard InChI is InChI=1S/C23H22N6O4/c24-22(31)14-4-3-9-28(11-14)18-8-7-15(10-25-18)27-19(30)12-29-13-26-20-16-5-1-2-6-17(16)33-21(20)23(29)32/h1-2,5-8,10,13-14H,3-4,9,11-12H2,(H2,24,31)(H,27,30). The number of carbonyl (C=O) groups excluding carboxylic acids is 2. The van der Waals surface area contributed by atoms with E-state index in [1.54, 1.807) is 24.4 Å².